The fourth-order valence-corrected chi connectivity index (χ4v) is 2.64. The molecule has 0 N–H and O–H groups in total. The summed E-state index contributed by atoms with van der Waals surface area (Å²) < 4.78 is 57.8. The Bertz CT molecular complexity index is 418. The van der Waals surface area contributed by atoms with Gasteiger partial charge in [-0.3, -0.25) is 4.90 Å². The van der Waals surface area contributed by atoms with E-state index >= 15 is 0 Å². The Morgan fingerprint density at radius 2 is 2.33 bits per heavy atom. The zero-order valence-corrected chi connectivity index (χ0v) is 9.11. The molecule has 0 aromatic carbocycles. The third-order valence-corrected chi connectivity index (χ3v) is 3.10. The molecule has 2 fully saturated rings. The molecule has 2 heterocycles. The Labute approximate surface area is 95.8 Å². The van der Waals surface area contributed by atoms with E-state index in [1.165, 1.54) is 0 Å². The van der Waals surface area contributed by atoms with Crippen molar-refractivity contribution in [3.8, 4) is 0 Å². The number of halogens is 2. The van der Waals surface area contributed by atoms with E-state index in [0.29, 0.717) is 12.8 Å². The summed E-state index contributed by atoms with van der Waals surface area (Å²) in [6.45, 7) is -0.364. The molecule has 1 atom stereocenters. The molecule has 0 aromatic heterocycles. The quantitative estimate of drug-likeness (QED) is 0.688. The Hall–Kier alpha value is -0.440. The van der Waals surface area contributed by atoms with Crippen molar-refractivity contribution in [2.75, 3.05) is 13.0 Å². The fourth-order valence-electron chi connectivity index (χ4n) is 2.64. The van der Waals surface area contributed by atoms with Crippen molar-refractivity contribution >= 4 is 0 Å². The molecule has 0 unspecified atom stereocenters. The summed E-state index contributed by atoms with van der Waals surface area (Å²) in [4.78, 5) is 1.07. The predicted octanol–water partition coefficient (Wildman–Crippen LogP) is 3.42. The summed E-state index contributed by atoms with van der Waals surface area (Å²) in [6.07, 6.45) is -0.920. The summed E-state index contributed by atoms with van der Waals surface area (Å²) in [7, 11) is 0. The fraction of sp³-hybridized carbons (Fsp3) is 0.833. The highest BCUT2D eigenvalue weighted by atomic mass is 19.3. The lowest BCUT2D eigenvalue weighted by Gasteiger charge is -2.33. The minimum atomic E-state index is -2.40. The topological polar surface area (TPSA) is 3.24 Å². The lowest BCUT2D eigenvalue weighted by Crippen LogP contribution is -2.39. The van der Waals surface area contributed by atoms with Crippen molar-refractivity contribution in [3.05, 3.63) is 11.7 Å². The molecule has 2 aliphatic rings. The van der Waals surface area contributed by atoms with Crippen LogP contribution in [0.15, 0.2) is 11.7 Å². The molecule has 1 nitrogen and oxygen atoms in total. The van der Waals surface area contributed by atoms with Crippen molar-refractivity contribution in [1.82, 2.24) is 4.90 Å². The second-order valence-corrected chi connectivity index (χ2v) is 4.84. The van der Waals surface area contributed by atoms with Crippen molar-refractivity contribution in [3.63, 3.8) is 0 Å². The Morgan fingerprint density at radius 3 is 2.93 bits per heavy atom. The molecule has 0 aromatic rings. The summed E-state index contributed by atoms with van der Waals surface area (Å²) in [5, 5.41) is 0. The second kappa shape index (κ2) is 3.85. The molecule has 15 heavy (non-hydrogen) atoms. The smallest absolute Gasteiger partial charge is 0.270 e. The third kappa shape index (κ3) is 1.94. The number of nitrogens with zero attached hydrogens (tertiary/aromatic N) is 1. The van der Waals surface area contributed by atoms with Crippen LogP contribution in [0, 0.1) is 5.92 Å². The summed E-state index contributed by atoms with van der Waals surface area (Å²) in [5.74, 6) is 0.203. The van der Waals surface area contributed by atoms with Crippen LogP contribution in [0.25, 0.3) is 0 Å². The zero-order valence-electron chi connectivity index (χ0n) is 13.1. The number of hydrogen-bond acceptors (Lipinski definition) is 1. The molecule has 0 saturated carbocycles. The van der Waals surface area contributed by atoms with E-state index < -0.39 is 30.2 Å². The van der Waals surface area contributed by atoms with Gasteiger partial charge in [-0.25, -0.2) is 0 Å². The lowest BCUT2D eigenvalue weighted by atomic mass is 9.84. The van der Waals surface area contributed by atoms with Gasteiger partial charge in [-0.1, -0.05) is 13.8 Å². The van der Waals surface area contributed by atoms with Crippen molar-refractivity contribution < 1.29 is 14.3 Å². The first-order chi connectivity index (χ1) is 8.53. The van der Waals surface area contributed by atoms with Gasteiger partial charge in [0.1, 0.15) is 0 Å². The van der Waals surface area contributed by atoms with Crippen LogP contribution in [0.2, 0.25) is 0 Å². The molecular weight excluding hydrogens is 196 g/mol. The minimum absolute atomic E-state index is 0.0694. The van der Waals surface area contributed by atoms with Gasteiger partial charge in [-0.2, -0.15) is 8.78 Å². The highest BCUT2D eigenvalue weighted by molar-refractivity contribution is 5.21. The molecule has 0 radical (unpaired) electrons. The average Bonchev–Trinajstić information content (AvgIpc) is 2.58. The number of fused-ring (bicyclic) bond motifs is 1. The van der Waals surface area contributed by atoms with Crippen molar-refractivity contribution in [2.24, 2.45) is 5.92 Å². The maximum absolute atomic E-state index is 13.0. The predicted molar refractivity (Wildman–Crippen MR) is 56.9 cm³/mol. The molecule has 2 rings (SSSR count). The minimum Gasteiger partial charge on any atom is -0.293 e. The summed E-state index contributed by atoms with van der Waals surface area (Å²) in [6, 6.07) is 0. The molecule has 2 aliphatic heterocycles. The van der Waals surface area contributed by atoms with Gasteiger partial charge in [0, 0.05) is 23.1 Å². The van der Waals surface area contributed by atoms with Crippen LogP contribution in [0.5, 0.6) is 0 Å². The largest absolute Gasteiger partial charge is 0.293 e. The van der Waals surface area contributed by atoms with Crippen LogP contribution in [-0.4, -0.2) is 23.4 Å². The molecular formula is C12H19F2N. The third-order valence-electron chi connectivity index (χ3n) is 3.10. The van der Waals surface area contributed by atoms with Crippen LogP contribution in [-0.2, 0) is 0 Å². The normalized spacial score (nSPS) is 42.1. The van der Waals surface area contributed by atoms with Gasteiger partial charge in [0.2, 0.25) is 0 Å². The highest BCUT2D eigenvalue weighted by Gasteiger charge is 2.47. The Kier molecular flexibility index (Phi) is 1.80. The Balaban J connectivity index is 2.52. The van der Waals surface area contributed by atoms with Gasteiger partial charge >= 0.3 is 0 Å². The lowest BCUT2D eigenvalue weighted by molar-refractivity contribution is 0.163. The number of rotatable bonds is 2. The standard InChI is InChI=1S/C12H19F2N/c1-9(2)6-12-4-3-5-15(12)8-10(7-12)11(13)14/h9H,3-8H2,1-2H3/t12-/m1/s1/i5D2,8D2. The van der Waals surface area contributed by atoms with E-state index in [2.05, 4.69) is 0 Å². The van der Waals surface area contributed by atoms with Crippen molar-refractivity contribution in [2.45, 2.75) is 45.1 Å². The molecule has 3 heteroatoms. The molecule has 2 saturated heterocycles. The van der Waals surface area contributed by atoms with Crippen molar-refractivity contribution in [1.29, 1.82) is 0 Å². The maximum atomic E-state index is 13.0. The molecule has 86 valence electrons. The van der Waals surface area contributed by atoms with Gasteiger partial charge in [0.25, 0.3) is 6.08 Å². The van der Waals surface area contributed by atoms with E-state index in [1.807, 2.05) is 13.8 Å². The number of hydrogen-bond donors (Lipinski definition) is 0. The van der Waals surface area contributed by atoms with Gasteiger partial charge in [-0.15, -0.1) is 0 Å². The van der Waals surface area contributed by atoms with Gasteiger partial charge in [0.15, 0.2) is 0 Å². The summed E-state index contributed by atoms with van der Waals surface area (Å²) in [5.41, 5.74) is -1.35. The molecule has 0 aliphatic carbocycles. The van der Waals surface area contributed by atoms with E-state index in [9.17, 15) is 8.78 Å². The molecule has 0 bridgehead atoms. The van der Waals surface area contributed by atoms with Gasteiger partial charge in [-0.05, 0) is 38.1 Å². The van der Waals surface area contributed by atoms with Crippen LogP contribution in [0.3, 0.4) is 0 Å². The second-order valence-electron chi connectivity index (χ2n) is 4.84. The van der Waals surface area contributed by atoms with Gasteiger partial charge in [0.05, 0.1) is 0 Å². The highest BCUT2D eigenvalue weighted by Crippen LogP contribution is 2.46. The van der Waals surface area contributed by atoms with E-state index in [-0.39, 0.29) is 18.8 Å². The maximum Gasteiger partial charge on any atom is 0.270 e. The van der Waals surface area contributed by atoms with E-state index in [4.69, 9.17) is 5.48 Å². The molecule has 0 spiro atoms. The average molecular weight is 219 g/mol. The van der Waals surface area contributed by atoms with E-state index in [0.717, 1.165) is 4.90 Å². The zero-order chi connectivity index (χ0) is 14.6. The SMILES string of the molecule is [2H]C1([2H])CC[C@@]2(CC(C)C)CC(=C(F)F)C([2H])([2H])N12. The Morgan fingerprint density at radius 1 is 1.60 bits per heavy atom. The monoisotopic (exact) mass is 219 g/mol. The first kappa shape index (κ1) is 7.00. The first-order valence-electron chi connectivity index (χ1n) is 7.38. The van der Waals surface area contributed by atoms with Crippen LogP contribution >= 0.6 is 0 Å². The molecule has 0 amide bonds. The van der Waals surface area contributed by atoms with E-state index in [1.54, 1.807) is 0 Å². The van der Waals surface area contributed by atoms with Crippen LogP contribution in [0.4, 0.5) is 8.78 Å². The summed E-state index contributed by atoms with van der Waals surface area (Å²) >= 11 is 0. The first-order valence-corrected chi connectivity index (χ1v) is 5.38. The van der Waals surface area contributed by atoms with Gasteiger partial charge < -0.3 is 0 Å². The van der Waals surface area contributed by atoms with Crippen LogP contribution < -0.4 is 0 Å². The van der Waals surface area contributed by atoms with Crippen LogP contribution in [0.1, 0.15) is 45.0 Å².